The van der Waals surface area contributed by atoms with Gasteiger partial charge < -0.3 is 10.2 Å². The average Bonchev–Trinajstić information content (AvgIpc) is 3.09. The van der Waals surface area contributed by atoms with E-state index in [2.05, 4.69) is 5.32 Å². The van der Waals surface area contributed by atoms with Gasteiger partial charge in [-0.3, -0.25) is 4.79 Å². The Labute approximate surface area is 172 Å². The normalized spacial score (nSPS) is 22.4. The van der Waals surface area contributed by atoms with Gasteiger partial charge in [0.05, 0.1) is 5.92 Å². The molecule has 0 aromatic carbocycles. The number of hydrogen-bond donors (Lipinski definition) is 1. The zero-order chi connectivity index (χ0) is 18.7. The molecule has 0 saturated carbocycles. The monoisotopic (exact) mass is 435 g/mol. The second-order valence-corrected chi connectivity index (χ2v) is 10.8. The average molecular weight is 436 g/mol. The maximum Gasteiger partial charge on any atom is 0.252 e. The summed E-state index contributed by atoms with van der Waals surface area (Å²) in [4.78, 5) is 15.9. The molecule has 1 atom stereocenters. The minimum absolute atomic E-state index is 0. The van der Waals surface area contributed by atoms with Crippen molar-refractivity contribution in [2.45, 2.75) is 36.8 Å². The van der Waals surface area contributed by atoms with E-state index in [9.17, 15) is 13.2 Å². The van der Waals surface area contributed by atoms with Crippen molar-refractivity contribution in [2.75, 3.05) is 39.8 Å². The molecule has 6 nitrogen and oxygen atoms in total. The van der Waals surface area contributed by atoms with Crippen LogP contribution in [0.15, 0.2) is 16.3 Å². The van der Waals surface area contributed by atoms with E-state index in [1.54, 1.807) is 6.07 Å². The SMILES string of the molecule is CNCC1CCN(C(=O)C2CCCN(S(=O)(=O)c3ccc(C)s3)C2)CC1.Cl. The summed E-state index contributed by atoms with van der Waals surface area (Å²) in [6, 6.07) is 3.51. The molecule has 154 valence electrons. The predicted molar refractivity (Wildman–Crippen MR) is 111 cm³/mol. The van der Waals surface area contributed by atoms with Crippen LogP contribution in [0.4, 0.5) is 0 Å². The number of likely N-dealkylation sites (tertiary alicyclic amines) is 1. The van der Waals surface area contributed by atoms with Gasteiger partial charge in [0.2, 0.25) is 5.91 Å². The van der Waals surface area contributed by atoms with Crippen LogP contribution < -0.4 is 5.32 Å². The molecule has 1 amide bonds. The smallest absolute Gasteiger partial charge is 0.252 e. The summed E-state index contributed by atoms with van der Waals surface area (Å²) in [6.07, 6.45) is 3.58. The molecule has 2 aliphatic rings. The summed E-state index contributed by atoms with van der Waals surface area (Å²) in [5, 5.41) is 3.21. The quantitative estimate of drug-likeness (QED) is 0.770. The second kappa shape index (κ2) is 9.69. The van der Waals surface area contributed by atoms with E-state index in [1.165, 1.54) is 15.6 Å². The van der Waals surface area contributed by atoms with E-state index in [4.69, 9.17) is 0 Å². The lowest BCUT2D eigenvalue weighted by atomic mass is 9.93. The Balaban J connectivity index is 0.00000261. The number of halogens is 1. The van der Waals surface area contributed by atoms with E-state index < -0.39 is 10.0 Å². The molecule has 0 bridgehead atoms. The highest BCUT2D eigenvalue weighted by atomic mass is 35.5. The fourth-order valence-corrected chi connectivity index (χ4v) is 6.91. The molecule has 2 fully saturated rings. The van der Waals surface area contributed by atoms with Crippen molar-refractivity contribution in [3.63, 3.8) is 0 Å². The van der Waals surface area contributed by atoms with Gasteiger partial charge in [-0.2, -0.15) is 4.31 Å². The molecular formula is C18H30ClN3O3S2. The van der Waals surface area contributed by atoms with E-state index in [0.29, 0.717) is 23.2 Å². The molecule has 0 radical (unpaired) electrons. The highest BCUT2D eigenvalue weighted by Gasteiger charge is 2.36. The number of rotatable bonds is 5. The largest absolute Gasteiger partial charge is 0.342 e. The Morgan fingerprint density at radius 1 is 1.22 bits per heavy atom. The summed E-state index contributed by atoms with van der Waals surface area (Å²) in [6.45, 7) is 5.31. The van der Waals surface area contributed by atoms with Crippen LogP contribution in [0.3, 0.4) is 0 Å². The predicted octanol–water partition coefficient (Wildman–Crippen LogP) is 2.34. The van der Waals surface area contributed by atoms with Gasteiger partial charge in [0, 0.05) is 31.1 Å². The van der Waals surface area contributed by atoms with Crippen molar-refractivity contribution in [1.82, 2.24) is 14.5 Å². The third-order valence-electron chi connectivity index (χ3n) is 5.46. The first-order valence-electron chi connectivity index (χ1n) is 9.42. The number of aryl methyl sites for hydroxylation is 1. The third kappa shape index (κ3) is 5.23. The molecule has 9 heteroatoms. The zero-order valence-electron chi connectivity index (χ0n) is 16.0. The van der Waals surface area contributed by atoms with Crippen LogP contribution in [0.2, 0.25) is 0 Å². The van der Waals surface area contributed by atoms with Crippen LogP contribution in [-0.2, 0) is 14.8 Å². The van der Waals surface area contributed by atoms with Crippen molar-refractivity contribution in [3.8, 4) is 0 Å². The second-order valence-electron chi connectivity index (χ2n) is 7.39. The number of piperidine rings is 2. The Morgan fingerprint density at radius 3 is 2.52 bits per heavy atom. The fourth-order valence-electron chi connectivity index (χ4n) is 3.94. The van der Waals surface area contributed by atoms with Crippen molar-refractivity contribution < 1.29 is 13.2 Å². The summed E-state index contributed by atoms with van der Waals surface area (Å²) >= 11 is 1.30. The zero-order valence-corrected chi connectivity index (χ0v) is 18.5. The molecule has 2 aliphatic heterocycles. The number of sulfonamides is 1. The number of carbonyl (C=O) groups excluding carboxylic acids is 1. The summed E-state index contributed by atoms with van der Waals surface area (Å²) < 4.78 is 27.6. The fraction of sp³-hybridized carbons (Fsp3) is 0.722. The van der Waals surface area contributed by atoms with Crippen molar-refractivity contribution >= 4 is 39.7 Å². The van der Waals surface area contributed by atoms with Gasteiger partial charge >= 0.3 is 0 Å². The number of amides is 1. The van der Waals surface area contributed by atoms with Crippen LogP contribution in [0.5, 0.6) is 0 Å². The van der Waals surface area contributed by atoms with E-state index in [1.807, 2.05) is 24.9 Å². The standard InChI is InChI=1S/C18H29N3O3S2.ClH/c1-14-5-6-17(25-14)26(23,24)21-9-3-4-16(13-21)18(22)20-10-7-15(8-11-20)12-19-2;/h5-6,15-16,19H,3-4,7-13H2,1-2H3;1H. The summed E-state index contributed by atoms with van der Waals surface area (Å²) in [7, 11) is -1.52. The Bertz CT molecular complexity index is 730. The number of carbonyl (C=O) groups is 1. The number of hydrogen-bond acceptors (Lipinski definition) is 5. The van der Waals surface area contributed by atoms with E-state index >= 15 is 0 Å². The van der Waals surface area contributed by atoms with Crippen LogP contribution in [0.1, 0.15) is 30.6 Å². The molecular weight excluding hydrogens is 406 g/mol. The molecule has 0 aliphatic carbocycles. The molecule has 3 rings (SSSR count). The first-order valence-corrected chi connectivity index (χ1v) is 11.7. The number of thiophene rings is 1. The molecule has 1 aromatic rings. The van der Waals surface area contributed by atoms with Gasteiger partial charge in [0.15, 0.2) is 0 Å². The summed E-state index contributed by atoms with van der Waals surface area (Å²) in [5.41, 5.74) is 0. The Morgan fingerprint density at radius 2 is 1.93 bits per heavy atom. The van der Waals surface area contributed by atoms with Crippen LogP contribution in [0, 0.1) is 18.8 Å². The summed E-state index contributed by atoms with van der Waals surface area (Å²) in [5.74, 6) is 0.560. The van der Waals surface area contributed by atoms with Gasteiger partial charge in [0.25, 0.3) is 10.0 Å². The van der Waals surface area contributed by atoms with E-state index in [-0.39, 0.29) is 24.2 Å². The van der Waals surface area contributed by atoms with Crippen LogP contribution in [0.25, 0.3) is 0 Å². The minimum Gasteiger partial charge on any atom is -0.342 e. The first kappa shape index (κ1) is 22.6. The molecule has 1 unspecified atom stereocenters. The van der Waals surface area contributed by atoms with Crippen molar-refractivity contribution in [2.24, 2.45) is 11.8 Å². The van der Waals surface area contributed by atoms with Crippen LogP contribution >= 0.6 is 23.7 Å². The Hall–Kier alpha value is -0.670. The molecule has 3 heterocycles. The van der Waals surface area contributed by atoms with Crippen molar-refractivity contribution in [1.29, 1.82) is 0 Å². The molecule has 2 saturated heterocycles. The van der Waals surface area contributed by atoms with Gasteiger partial charge in [-0.1, -0.05) is 0 Å². The third-order valence-corrected chi connectivity index (χ3v) is 8.80. The first-order chi connectivity index (χ1) is 12.4. The lowest BCUT2D eigenvalue weighted by Gasteiger charge is -2.37. The van der Waals surface area contributed by atoms with Gasteiger partial charge in [0.1, 0.15) is 4.21 Å². The van der Waals surface area contributed by atoms with Gasteiger partial charge in [-0.15, -0.1) is 23.7 Å². The van der Waals surface area contributed by atoms with Crippen LogP contribution in [-0.4, -0.2) is 63.3 Å². The minimum atomic E-state index is -3.48. The molecule has 1 N–H and O–H groups in total. The topological polar surface area (TPSA) is 69.7 Å². The highest BCUT2D eigenvalue weighted by molar-refractivity contribution is 7.91. The number of nitrogens with one attached hydrogen (secondary N) is 1. The maximum atomic E-state index is 12.9. The van der Waals surface area contributed by atoms with Gasteiger partial charge in [-0.25, -0.2) is 8.42 Å². The lowest BCUT2D eigenvalue weighted by Crippen LogP contribution is -2.48. The van der Waals surface area contributed by atoms with E-state index in [0.717, 1.165) is 50.2 Å². The highest BCUT2D eigenvalue weighted by Crippen LogP contribution is 2.29. The molecule has 0 spiro atoms. The number of nitrogens with zero attached hydrogens (tertiary/aromatic N) is 2. The molecule has 1 aromatic heterocycles. The van der Waals surface area contributed by atoms with Gasteiger partial charge in [-0.05, 0) is 64.3 Å². The molecule has 27 heavy (non-hydrogen) atoms. The Kier molecular flexibility index (Phi) is 8.12. The maximum absolute atomic E-state index is 12.9. The lowest BCUT2D eigenvalue weighted by molar-refractivity contribution is -0.138. The van der Waals surface area contributed by atoms with Crippen molar-refractivity contribution in [3.05, 3.63) is 17.0 Å².